The number of rotatable bonds is 5. The average Bonchev–Trinajstić information content (AvgIpc) is 2.68. The Bertz CT molecular complexity index is 957. The Morgan fingerprint density at radius 1 is 1.11 bits per heavy atom. The zero-order chi connectivity index (χ0) is 20.3. The van der Waals surface area contributed by atoms with Gasteiger partial charge in [0.05, 0.1) is 5.92 Å². The van der Waals surface area contributed by atoms with Crippen LogP contribution < -0.4 is 16.6 Å². The van der Waals surface area contributed by atoms with Crippen LogP contribution in [0.1, 0.15) is 41.6 Å². The molecule has 146 valence electrons. The molecule has 2 aromatic rings. The van der Waals surface area contributed by atoms with Crippen molar-refractivity contribution >= 4 is 17.7 Å². The van der Waals surface area contributed by atoms with Crippen LogP contribution in [0.3, 0.4) is 0 Å². The third-order valence-corrected chi connectivity index (χ3v) is 5.09. The highest BCUT2D eigenvalue weighted by atomic mass is 16.4. The van der Waals surface area contributed by atoms with Crippen LogP contribution in [0, 0.1) is 11.3 Å². The smallest absolute Gasteiger partial charge is 0.306 e. The van der Waals surface area contributed by atoms with Crippen molar-refractivity contribution in [1.82, 2.24) is 10.3 Å². The summed E-state index contributed by atoms with van der Waals surface area (Å²) >= 11 is 0. The number of pyridine rings is 1. The molecule has 1 saturated carbocycles. The summed E-state index contributed by atoms with van der Waals surface area (Å²) in [5.41, 5.74) is 7.00. The largest absolute Gasteiger partial charge is 0.481 e. The molecule has 3 rings (SSSR count). The van der Waals surface area contributed by atoms with Crippen molar-refractivity contribution in [2.24, 2.45) is 11.7 Å². The molecule has 1 heterocycles. The topological polar surface area (TPSA) is 149 Å². The summed E-state index contributed by atoms with van der Waals surface area (Å²) < 4.78 is 0. The molecule has 0 saturated heterocycles. The standard InChI is InChI=1S/C20H22N4O4/c21-17(22)12-3-1-11(2-4-12)14-9-16(18(25)23-10-14)19(26)24-15-7-5-13(6-8-15)20(27)28/h1-4,9-10,13,15H,5-8H2,(H3,21,22)(H,23,25)(H,24,26)(H,27,28)/t13-,15-. The van der Waals surface area contributed by atoms with Gasteiger partial charge in [-0.05, 0) is 42.9 Å². The molecule has 1 aromatic carbocycles. The van der Waals surface area contributed by atoms with Gasteiger partial charge in [0.15, 0.2) is 0 Å². The Labute approximate surface area is 161 Å². The predicted molar refractivity (Wildman–Crippen MR) is 104 cm³/mol. The molecule has 0 unspecified atom stereocenters. The van der Waals surface area contributed by atoms with Crippen LogP contribution in [0.4, 0.5) is 0 Å². The summed E-state index contributed by atoms with van der Waals surface area (Å²) in [6.07, 6.45) is 3.71. The van der Waals surface area contributed by atoms with Crippen molar-refractivity contribution < 1.29 is 14.7 Å². The van der Waals surface area contributed by atoms with Crippen molar-refractivity contribution in [2.45, 2.75) is 31.7 Å². The van der Waals surface area contributed by atoms with Crippen molar-refractivity contribution in [3.05, 3.63) is 58.0 Å². The van der Waals surface area contributed by atoms with Crippen molar-refractivity contribution in [3.8, 4) is 11.1 Å². The maximum atomic E-state index is 12.6. The predicted octanol–water partition coefficient (Wildman–Crippen LogP) is 1.70. The van der Waals surface area contributed by atoms with E-state index in [1.807, 2.05) is 0 Å². The number of aromatic amines is 1. The first-order valence-electron chi connectivity index (χ1n) is 9.06. The fraction of sp³-hybridized carbons (Fsp3) is 0.300. The number of nitrogens with one attached hydrogen (secondary N) is 3. The van der Waals surface area contributed by atoms with E-state index in [0.717, 1.165) is 5.56 Å². The van der Waals surface area contributed by atoms with E-state index in [4.69, 9.17) is 16.2 Å². The van der Waals surface area contributed by atoms with Crippen LogP contribution in [0.25, 0.3) is 11.1 Å². The first-order valence-corrected chi connectivity index (χ1v) is 9.06. The number of carboxylic acids is 1. The Kier molecular flexibility index (Phi) is 5.58. The number of nitrogens with two attached hydrogens (primary N) is 1. The van der Waals surface area contributed by atoms with Gasteiger partial charge in [0, 0.05) is 17.8 Å². The fourth-order valence-electron chi connectivity index (χ4n) is 3.41. The molecule has 1 amide bonds. The summed E-state index contributed by atoms with van der Waals surface area (Å²) in [7, 11) is 0. The zero-order valence-electron chi connectivity index (χ0n) is 15.2. The number of benzene rings is 1. The highest BCUT2D eigenvalue weighted by molar-refractivity contribution is 5.96. The third kappa shape index (κ3) is 4.28. The molecule has 0 spiro atoms. The molecule has 0 atom stereocenters. The van der Waals surface area contributed by atoms with Crippen LogP contribution >= 0.6 is 0 Å². The Morgan fingerprint density at radius 3 is 2.32 bits per heavy atom. The number of H-pyrrole nitrogens is 1. The lowest BCUT2D eigenvalue weighted by atomic mass is 9.86. The zero-order valence-corrected chi connectivity index (χ0v) is 15.2. The first kappa shape index (κ1) is 19.3. The van der Waals surface area contributed by atoms with Gasteiger partial charge in [-0.25, -0.2) is 0 Å². The van der Waals surface area contributed by atoms with Crippen LogP contribution in [0.2, 0.25) is 0 Å². The number of nitrogen functional groups attached to an aromatic ring is 1. The van der Waals surface area contributed by atoms with Crippen LogP contribution in [0.5, 0.6) is 0 Å². The first-order chi connectivity index (χ1) is 13.3. The van der Waals surface area contributed by atoms with Crippen LogP contribution in [-0.2, 0) is 4.79 Å². The van der Waals surface area contributed by atoms with E-state index in [2.05, 4.69) is 10.3 Å². The second-order valence-electron chi connectivity index (χ2n) is 6.98. The van der Waals surface area contributed by atoms with Crippen LogP contribution in [-0.4, -0.2) is 33.8 Å². The Balaban J connectivity index is 1.74. The lowest BCUT2D eigenvalue weighted by molar-refractivity contribution is -0.142. The number of hydrogen-bond donors (Lipinski definition) is 5. The molecular formula is C20H22N4O4. The minimum atomic E-state index is -0.801. The maximum Gasteiger partial charge on any atom is 0.306 e. The van der Waals surface area contributed by atoms with Gasteiger partial charge in [-0.15, -0.1) is 0 Å². The van der Waals surface area contributed by atoms with Crippen LogP contribution in [0.15, 0.2) is 41.3 Å². The Hall–Kier alpha value is -3.42. The number of carboxylic acid groups (broad SMARTS) is 1. The van der Waals surface area contributed by atoms with Gasteiger partial charge in [0.1, 0.15) is 11.4 Å². The number of amides is 1. The van der Waals surface area contributed by atoms with E-state index < -0.39 is 17.4 Å². The van der Waals surface area contributed by atoms with E-state index in [-0.39, 0.29) is 23.4 Å². The third-order valence-electron chi connectivity index (χ3n) is 5.09. The number of carbonyl (C=O) groups is 2. The number of aliphatic carboxylic acids is 1. The number of amidine groups is 1. The van der Waals surface area contributed by atoms with Gasteiger partial charge >= 0.3 is 5.97 Å². The monoisotopic (exact) mass is 382 g/mol. The molecule has 8 nitrogen and oxygen atoms in total. The van der Waals surface area contributed by atoms with Gasteiger partial charge in [-0.2, -0.15) is 0 Å². The molecule has 1 aliphatic rings. The molecule has 1 aliphatic carbocycles. The van der Waals surface area contributed by atoms with Crippen molar-refractivity contribution in [2.75, 3.05) is 0 Å². The molecule has 8 heteroatoms. The number of carbonyl (C=O) groups excluding carboxylic acids is 1. The van der Waals surface area contributed by atoms with Gasteiger partial charge in [-0.1, -0.05) is 24.3 Å². The highest BCUT2D eigenvalue weighted by Crippen LogP contribution is 2.25. The number of hydrogen-bond acceptors (Lipinski definition) is 4. The summed E-state index contributed by atoms with van der Waals surface area (Å²) in [4.78, 5) is 38.3. The van der Waals surface area contributed by atoms with E-state index in [1.165, 1.54) is 12.3 Å². The average molecular weight is 382 g/mol. The summed E-state index contributed by atoms with van der Waals surface area (Å²) in [5, 5.41) is 19.3. The van der Waals surface area contributed by atoms with E-state index in [9.17, 15) is 14.4 Å². The molecule has 1 fully saturated rings. The maximum absolute atomic E-state index is 12.6. The molecule has 6 N–H and O–H groups in total. The minimum absolute atomic E-state index is 0.00787. The second-order valence-corrected chi connectivity index (χ2v) is 6.98. The van der Waals surface area contributed by atoms with Gasteiger partial charge < -0.3 is 21.1 Å². The highest BCUT2D eigenvalue weighted by Gasteiger charge is 2.27. The lowest BCUT2D eigenvalue weighted by Crippen LogP contribution is -2.40. The molecule has 0 radical (unpaired) electrons. The van der Waals surface area contributed by atoms with E-state index in [0.29, 0.717) is 36.8 Å². The lowest BCUT2D eigenvalue weighted by Gasteiger charge is -2.26. The van der Waals surface area contributed by atoms with Gasteiger partial charge in [0.2, 0.25) is 0 Å². The number of aromatic nitrogens is 1. The summed E-state index contributed by atoms with van der Waals surface area (Å²) in [6, 6.07) is 8.31. The van der Waals surface area contributed by atoms with E-state index in [1.54, 1.807) is 24.3 Å². The quantitative estimate of drug-likeness (QED) is 0.394. The van der Waals surface area contributed by atoms with E-state index >= 15 is 0 Å². The molecular weight excluding hydrogens is 360 g/mol. The fourth-order valence-corrected chi connectivity index (χ4v) is 3.41. The summed E-state index contributed by atoms with van der Waals surface area (Å²) in [6.45, 7) is 0. The molecule has 0 aliphatic heterocycles. The molecule has 28 heavy (non-hydrogen) atoms. The molecule has 1 aromatic heterocycles. The van der Waals surface area contributed by atoms with Gasteiger partial charge in [0.25, 0.3) is 11.5 Å². The SMILES string of the molecule is N=C(N)c1ccc(-c2c[nH]c(=O)c(C(=O)N[C@H]3CC[C@H](C(=O)O)CC3)c2)cc1. The van der Waals surface area contributed by atoms with Gasteiger partial charge in [-0.3, -0.25) is 19.8 Å². The summed E-state index contributed by atoms with van der Waals surface area (Å²) in [5.74, 6) is -1.67. The second kappa shape index (κ2) is 8.08. The normalized spacial score (nSPS) is 19.0. The molecule has 0 bridgehead atoms. The minimum Gasteiger partial charge on any atom is -0.481 e. The van der Waals surface area contributed by atoms with Crippen molar-refractivity contribution in [1.29, 1.82) is 5.41 Å². The Morgan fingerprint density at radius 2 is 1.75 bits per heavy atom. The van der Waals surface area contributed by atoms with Crippen molar-refractivity contribution in [3.63, 3.8) is 0 Å².